The highest BCUT2D eigenvalue weighted by molar-refractivity contribution is 6.30. The Morgan fingerprint density at radius 1 is 1.37 bits per heavy atom. The minimum Gasteiger partial charge on any atom is -0.307 e. The lowest BCUT2D eigenvalue weighted by atomic mass is 9.89. The van der Waals surface area contributed by atoms with Gasteiger partial charge in [-0.15, -0.1) is 0 Å². The molecule has 0 amide bonds. The second-order valence-electron chi connectivity index (χ2n) is 6.05. The lowest BCUT2D eigenvalue weighted by Crippen LogP contribution is -2.51. The summed E-state index contributed by atoms with van der Waals surface area (Å²) in [4.78, 5) is 2.45. The van der Waals surface area contributed by atoms with Gasteiger partial charge in [-0.05, 0) is 50.9 Å². The fourth-order valence-corrected chi connectivity index (χ4v) is 3.17. The monoisotopic (exact) mass is 280 g/mol. The molecule has 0 radical (unpaired) electrons. The second kappa shape index (κ2) is 6.25. The molecule has 0 aliphatic carbocycles. The Bertz CT molecular complexity index is 421. The summed E-state index contributed by atoms with van der Waals surface area (Å²) >= 11 is 6.07. The lowest BCUT2D eigenvalue weighted by Gasteiger charge is -2.41. The molecule has 0 spiro atoms. The van der Waals surface area contributed by atoms with Gasteiger partial charge in [0.1, 0.15) is 0 Å². The molecule has 3 heteroatoms. The van der Waals surface area contributed by atoms with E-state index in [0.29, 0.717) is 24.0 Å². The van der Waals surface area contributed by atoms with Crippen molar-refractivity contribution in [2.75, 3.05) is 13.6 Å². The Kier molecular flexibility index (Phi) is 4.88. The van der Waals surface area contributed by atoms with Crippen LogP contribution in [-0.2, 0) is 0 Å². The van der Waals surface area contributed by atoms with Crippen molar-refractivity contribution in [1.82, 2.24) is 10.2 Å². The molecule has 1 aliphatic rings. The van der Waals surface area contributed by atoms with Crippen LogP contribution in [-0.4, -0.2) is 30.6 Å². The van der Waals surface area contributed by atoms with Crippen molar-refractivity contribution in [3.63, 3.8) is 0 Å². The molecular weight excluding hydrogens is 256 g/mol. The van der Waals surface area contributed by atoms with Crippen LogP contribution in [0.1, 0.15) is 38.8 Å². The first-order chi connectivity index (χ1) is 8.97. The summed E-state index contributed by atoms with van der Waals surface area (Å²) in [6.07, 6.45) is 1.21. The van der Waals surface area contributed by atoms with Gasteiger partial charge in [0, 0.05) is 29.7 Å². The number of hydrogen-bond acceptors (Lipinski definition) is 2. The van der Waals surface area contributed by atoms with Crippen molar-refractivity contribution in [3.05, 3.63) is 34.9 Å². The van der Waals surface area contributed by atoms with Gasteiger partial charge in [0.05, 0.1) is 0 Å². The molecule has 1 aliphatic heterocycles. The fraction of sp³-hybridized carbons (Fsp3) is 0.625. The zero-order chi connectivity index (χ0) is 14.0. The van der Waals surface area contributed by atoms with E-state index in [2.05, 4.69) is 50.2 Å². The topological polar surface area (TPSA) is 15.3 Å². The minimum absolute atomic E-state index is 0.349. The molecule has 0 saturated carbocycles. The molecule has 19 heavy (non-hydrogen) atoms. The molecule has 1 heterocycles. The minimum atomic E-state index is 0.349. The second-order valence-corrected chi connectivity index (χ2v) is 6.49. The number of rotatable bonds is 3. The van der Waals surface area contributed by atoms with Crippen LogP contribution in [0.15, 0.2) is 24.3 Å². The fourth-order valence-electron chi connectivity index (χ4n) is 2.97. The predicted molar refractivity (Wildman–Crippen MR) is 82.7 cm³/mol. The van der Waals surface area contributed by atoms with Crippen LogP contribution in [0.3, 0.4) is 0 Å². The van der Waals surface area contributed by atoms with E-state index in [1.165, 1.54) is 18.5 Å². The highest BCUT2D eigenvalue weighted by Gasteiger charge is 2.29. The first-order valence-electron chi connectivity index (χ1n) is 7.19. The molecule has 2 rings (SSSR count). The summed E-state index contributed by atoms with van der Waals surface area (Å²) < 4.78 is 0. The van der Waals surface area contributed by atoms with Crippen LogP contribution < -0.4 is 5.32 Å². The van der Waals surface area contributed by atoms with Gasteiger partial charge >= 0.3 is 0 Å². The third-order valence-corrected chi connectivity index (χ3v) is 4.66. The van der Waals surface area contributed by atoms with E-state index in [9.17, 15) is 0 Å². The highest BCUT2D eigenvalue weighted by Crippen LogP contribution is 2.24. The van der Waals surface area contributed by atoms with Gasteiger partial charge in [-0.3, -0.25) is 0 Å². The number of halogens is 1. The van der Waals surface area contributed by atoms with Crippen LogP contribution in [0.2, 0.25) is 5.02 Å². The molecular formula is C16H25ClN2. The van der Waals surface area contributed by atoms with E-state index in [1.54, 1.807) is 0 Å². The van der Waals surface area contributed by atoms with E-state index in [4.69, 9.17) is 11.6 Å². The molecule has 1 saturated heterocycles. The van der Waals surface area contributed by atoms with Crippen molar-refractivity contribution >= 4 is 11.6 Å². The van der Waals surface area contributed by atoms with Crippen LogP contribution >= 0.6 is 11.6 Å². The molecule has 1 N–H and O–H groups in total. The quantitative estimate of drug-likeness (QED) is 0.908. The van der Waals surface area contributed by atoms with E-state index in [1.807, 2.05) is 12.1 Å². The van der Waals surface area contributed by atoms with E-state index in [-0.39, 0.29) is 0 Å². The predicted octanol–water partition coefficient (Wildman–Crippen LogP) is 3.72. The first kappa shape index (κ1) is 14.8. The van der Waals surface area contributed by atoms with Crippen molar-refractivity contribution in [2.45, 2.75) is 45.3 Å². The van der Waals surface area contributed by atoms with Gasteiger partial charge in [-0.25, -0.2) is 0 Å². The standard InChI is InChI=1S/C16H25ClN2/c1-11-10-19(4)12(2)8-16(11)18-13(3)14-6-5-7-15(17)9-14/h5-7,9,11-13,16,18H,8,10H2,1-4H3/t11?,12?,13-,16?/m1/s1. The molecule has 1 fully saturated rings. The van der Waals surface area contributed by atoms with Crippen LogP contribution in [0.5, 0.6) is 0 Å². The van der Waals surface area contributed by atoms with Crippen molar-refractivity contribution < 1.29 is 0 Å². The van der Waals surface area contributed by atoms with E-state index in [0.717, 1.165) is 5.02 Å². The molecule has 0 bridgehead atoms. The summed E-state index contributed by atoms with van der Waals surface area (Å²) in [5.41, 5.74) is 1.27. The Hall–Kier alpha value is -0.570. The van der Waals surface area contributed by atoms with Gasteiger partial charge in [0.25, 0.3) is 0 Å². The molecule has 3 unspecified atom stereocenters. The summed E-state index contributed by atoms with van der Waals surface area (Å²) in [6.45, 7) is 8.04. The molecule has 0 aromatic heterocycles. The lowest BCUT2D eigenvalue weighted by molar-refractivity contribution is 0.116. The third kappa shape index (κ3) is 3.71. The van der Waals surface area contributed by atoms with Gasteiger partial charge in [-0.1, -0.05) is 30.7 Å². The van der Waals surface area contributed by atoms with E-state index >= 15 is 0 Å². The number of likely N-dealkylation sites (tertiary alicyclic amines) is 1. The molecule has 106 valence electrons. The zero-order valence-electron chi connectivity index (χ0n) is 12.4. The summed E-state index contributed by atoms with van der Waals surface area (Å²) in [7, 11) is 2.22. The van der Waals surface area contributed by atoms with Crippen molar-refractivity contribution in [3.8, 4) is 0 Å². The Morgan fingerprint density at radius 2 is 2.11 bits per heavy atom. The van der Waals surface area contributed by atoms with Gasteiger partial charge in [-0.2, -0.15) is 0 Å². The summed E-state index contributed by atoms with van der Waals surface area (Å²) in [5.74, 6) is 0.683. The van der Waals surface area contributed by atoms with Crippen LogP contribution in [0.25, 0.3) is 0 Å². The summed E-state index contributed by atoms with van der Waals surface area (Å²) in [5, 5.41) is 4.59. The maximum Gasteiger partial charge on any atom is 0.0409 e. The molecule has 2 nitrogen and oxygen atoms in total. The van der Waals surface area contributed by atoms with Gasteiger partial charge < -0.3 is 10.2 Å². The van der Waals surface area contributed by atoms with E-state index < -0.39 is 0 Å². The number of hydrogen-bond donors (Lipinski definition) is 1. The summed E-state index contributed by atoms with van der Waals surface area (Å²) in [6, 6.07) is 9.74. The number of nitrogens with one attached hydrogen (secondary N) is 1. The Morgan fingerprint density at radius 3 is 2.79 bits per heavy atom. The smallest absolute Gasteiger partial charge is 0.0409 e. The molecule has 1 aromatic carbocycles. The number of nitrogens with zero attached hydrogens (tertiary/aromatic N) is 1. The van der Waals surface area contributed by atoms with Gasteiger partial charge in [0.15, 0.2) is 0 Å². The van der Waals surface area contributed by atoms with Crippen molar-refractivity contribution in [2.24, 2.45) is 5.92 Å². The third-order valence-electron chi connectivity index (χ3n) is 4.42. The molecule has 1 aromatic rings. The maximum atomic E-state index is 6.07. The molecule has 4 atom stereocenters. The average Bonchev–Trinajstić information content (AvgIpc) is 2.36. The SMILES string of the molecule is CC1CN(C)C(C)CC1N[C@H](C)c1cccc(Cl)c1. The first-order valence-corrected chi connectivity index (χ1v) is 7.57. The van der Waals surface area contributed by atoms with Gasteiger partial charge in [0.2, 0.25) is 0 Å². The zero-order valence-corrected chi connectivity index (χ0v) is 13.1. The van der Waals surface area contributed by atoms with Crippen LogP contribution in [0.4, 0.5) is 0 Å². The number of piperidine rings is 1. The van der Waals surface area contributed by atoms with Crippen molar-refractivity contribution in [1.29, 1.82) is 0 Å². The Balaban J connectivity index is 2.00. The average molecular weight is 281 g/mol. The number of benzene rings is 1. The largest absolute Gasteiger partial charge is 0.307 e. The van der Waals surface area contributed by atoms with Crippen LogP contribution in [0, 0.1) is 5.92 Å². The maximum absolute atomic E-state index is 6.07. The highest BCUT2D eigenvalue weighted by atomic mass is 35.5. The normalized spacial score (nSPS) is 30.3. The Labute approximate surface area is 122 Å².